The number of carbonyl (C=O) groups excluding carboxylic acids is 1. The fourth-order valence-corrected chi connectivity index (χ4v) is 2.66. The molecule has 0 heterocycles. The van der Waals surface area contributed by atoms with Crippen molar-refractivity contribution in [2.24, 2.45) is 0 Å². The summed E-state index contributed by atoms with van der Waals surface area (Å²) in [6.07, 6.45) is 2.98. The number of nitrogens with one attached hydrogen (secondary N) is 1. The van der Waals surface area contributed by atoms with Crippen molar-refractivity contribution in [2.45, 2.75) is 19.3 Å². The van der Waals surface area contributed by atoms with E-state index >= 15 is 0 Å². The first-order valence-electron chi connectivity index (χ1n) is 7.33. The first kappa shape index (κ1) is 16.3. The van der Waals surface area contributed by atoms with Crippen LogP contribution in [0.2, 0.25) is 0 Å². The second-order valence-corrected chi connectivity index (χ2v) is 5.47. The average Bonchev–Trinajstić information content (AvgIpc) is 3.00. The summed E-state index contributed by atoms with van der Waals surface area (Å²) in [5, 5.41) is 2.51. The summed E-state index contributed by atoms with van der Waals surface area (Å²) in [5.74, 6) is -8.50. The molecular formula is C17H13F4NO2. The Morgan fingerprint density at radius 2 is 1.67 bits per heavy atom. The average molecular weight is 339 g/mol. The van der Waals surface area contributed by atoms with Crippen molar-refractivity contribution in [3.63, 3.8) is 0 Å². The predicted molar refractivity (Wildman–Crippen MR) is 78.9 cm³/mol. The van der Waals surface area contributed by atoms with Crippen LogP contribution in [0.3, 0.4) is 0 Å². The second kappa shape index (κ2) is 6.51. The summed E-state index contributed by atoms with van der Waals surface area (Å²) in [6, 6.07) is 5.51. The van der Waals surface area contributed by atoms with Gasteiger partial charge in [-0.05, 0) is 42.5 Å². The molecule has 2 aromatic rings. The third kappa shape index (κ3) is 3.20. The Labute approximate surface area is 135 Å². The molecule has 0 atom stereocenters. The van der Waals surface area contributed by atoms with Crippen molar-refractivity contribution >= 4 is 11.6 Å². The molecule has 0 aromatic heterocycles. The first-order valence-corrected chi connectivity index (χ1v) is 7.33. The molecule has 1 amide bonds. The van der Waals surface area contributed by atoms with Gasteiger partial charge in [0.2, 0.25) is 11.6 Å². The van der Waals surface area contributed by atoms with Crippen LogP contribution in [0.5, 0.6) is 5.75 Å². The summed E-state index contributed by atoms with van der Waals surface area (Å²) in [5.41, 5.74) is 2.89. The summed E-state index contributed by atoms with van der Waals surface area (Å²) in [4.78, 5) is 11.8. The number of amides is 1. The Kier molecular flexibility index (Phi) is 4.42. The van der Waals surface area contributed by atoms with Gasteiger partial charge in [0.15, 0.2) is 24.0 Å². The largest absolute Gasteiger partial charge is 0.477 e. The lowest BCUT2D eigenvalue weighted by Crippen LogP contribution is -2.21. The van der Waals surface area contributed by atoms with Crippen LogP contribution in [0.25, 0.3) is 0 Å². The number of fused-ring (bicyclic) bond motifs is 1. The lowest BCUT2D eigenvalue weighted by molar-refractivity contribution is -0.118. The van der Waals surface area contributed by atoms with Crippen LogP contribution < -0.4 is 10.1 Å². The van der Waals surface area contributed by atoms with Crippen LogP contribution >= 0.6 is 0 Å². The van der Waals surface area contributed by atoms with Gasteiger partial charge in [0.05, 0.1) is 0 Å². The molecule has 24 heavy (non-hydrogen) atoms. The smallest absolute Gasteiger partial charge is 0.262 e. The molecule has 0 unspecified atom stereocenters. The molecule has 1 aliphatic carbocycles. The number of benzene rings is 2. The molecule has 3 nitrogen and oxygen atoms in total. The fourth-order valence-electron chi connectivity index (χ4n) is 2.66. The maximum absolute atomic E-state index is 13.4. The summed E-state index contributed by atoms with van der Waals surface area (Å²) < 4.78 is 57.6. The van der Waals surface area contributed by atoms with E-state index in [-0.39, 0.29) is 6.07 Å². The Morgan fingerprint density at radius 1 is 1.00 bits per heavy atom. The first-order chi connectivity index (χ1) is 11.5. The quantitative estimate of drug-likeness (QED) is 0.681. The number of ether oxygens (including phenoxy) is 1. The lowest BCUT2D eigenvalue weighted by Gasteiger charge is -2.10. The van der Waals surface area contributed by atoms with Gasteiger partial charge in [-0.15, -0.1) is 0 Å². The number of aryl methyl sites for hydroxylation is 2. The molecular weight excluding hydrogens is 326 g/mol. The molecule has 0 bridgehead atoms. The van der Waals surface area contributed by atoms with Crippen LogP contribution in [0, 0.1) is 23.3 Å². The molecule has 0 saturated carbocycles. The van der Waals surface area contributed by atoms with Crippen molar-refractivity contribution in [1.82, 2.24) is 0 Å². The third-order valence-electron chi connectivity index (χ3n) is 3.80. The van der Waals surface area contributed by atoms with Gasteiger partial charge in [0.25, 0.3) is 5.91 Å². The number of anilines is 1. The van der Waals surface area contributed by atoms with E-state index in [0.29, 0.717) is 5.69 Å². The molecule has 1 N–H and O–H groups in total. The minimum Gasteiger partial charge on any atom is -0.477 e. The highest BCUT2D eigenvalue weighted by molar-refractivity contribution is 5.92. The number of hydrogen-bond acceptors (Lipinski definition) is 2. The zero-order chi connectivity index (χ0) is 17.3. The minimum atomic E-state index is -1.68. The molecule has 1 aliphatic rings. The molecule has 2 aromatic carbocycles. The normalized spacial score (nSPS) is 12.8. The van der Waals surface area contributed by atoms with Crippen LogP contribution in [0.1, 0.15) is 17.5 Å². The minimum absolute atomic E-state index is 0.0716. The zero-order valence-corrected chi connectivity index (χ0v) is 12.5. The summed E-state index contributed by atoms with van der Waals surface area (Å²) >= 11 is 0. The van der Waals surface area contributed by atoms with Crippen molar-refractivity contribution in [2.75, 3.05) is 11.9 Å². The Hall–Kier alpha value is -2.57. The summed E-state index contributed by atoms with van der Waals surface area (Å²) in [7, 11) is 0. The van der Waals surface area contributed by atoms with Gasteiger partial charge in [0, 0.05) is 11.8 Å². The standard InChI is InChI=1S/C17H13F4NO2/c18-12-7-13(19)16(21)17(15(12)20)24-8-14(23)22-11-5-4-9-2-1-3-10(9)6-11/h4-7H,1-3,8H2,(H,22,23). The molecule has 0 radical (unpaired) electrons. The Bertz CT molecular complexity index is 781. The number of halogens is 4. The zero-order valence-electron chi connectivity index (χ0n) is 12.5. The predicted octanol–water partition coefficient (Wildman–Crippen LogP) is 3.75. The topological polar surface area (TPSA) is 38.3 Å². The van der Waals surface area contributed by atoms with E-state index in [1.165, 1.54) is 5.56 Å². The van der Waals surface area contributed by atoms with Crippen molar-refractivity contribution in [1.29, 1.82) is 0 Å². The maximum Gasteiger partial charge on any atom is 0.262 e. The van der Waals surface area contributed by atoms with E-state index in [4.69, 9.17) is 0 Å². The van der Waals surface area contributed by atoms with Crippen molar-refractivity contribution < 1.29 is 27.1 Å². The fraction of sp³-hybridized carbons (Fsp3) is 0.235. The van der Waals surface area contributed by atoms with E-state index in [2.05, 4.69) is 10.1 Å². The SMILES string of the molecule is O=C(COc1c(F)c(F)cc(F)c1F)Nc1ccc2c(c1)CCC2. The van der Waals surface area contributed by atoms with E-state index in [1.54, 1.807) is 6.07 Å². The van der Waals surface area contributed by atoms with Gasteiger partial charge in [0.1, 0.15) is 0 Å². The molecule has 3 rings (SSSR count). The van der Waals surface area contributed by atoms with Crippen LogP contribution in [0.4, 0.5) is 23.2 Å². The molecule has 0 spiro atoms. The van der Waals surface area contributed by atoms with E-state index in [0.717, 1.165) is 24.8 Å². The highest BCUT2D eigenvalue weighted by atomic mass is 19.2. The third-order valence-corrected chi connectivity index (χ3v) is 3.80. The second-order valence-electron chi connectivity index (χ2n) is 5.47. The number of carbonyl (C=O) groups is 1. The van der Waals surface area contributed by atoms with Gasteiger partial charge in [-0.1, -0.05) is 6.07 Å². The maximum atomic E-state index is 13.4. The molecule has 7 heteroatoms. The van der Waals surface area contributed by atoms with Gasteiger partial charge in [-0.3, -0.25) is 4.79 Å². The van der Waals surface area contributed by atoms with Gasteiger partial charge in [-0.2, -0.15) is 8.78 Å². The molecule has 0 fully saturated rings. The van der Waals surface area contributed by atoms with E-state index in [9.17, 15) is 22.4 Å². The molecule has 126 valence electrons. The molecule has 0 saturated heterocycles. The Balaban J connectivity index is 1.66. The van der Waals surface area contributed by atoms with Gasteiger partial charge in [-0.25, -0.2) is 8.78 Å². The van der Waals surface area contributed by atoms with Gasteiger partial charge >= 0.3 is 0 Å². The van der Waals surface area contributed by atoms with Crippen molar-refractivity contribution in [3.05, 3.63) is 58.7 Å². The van der Waals surface area contributed by atoms with Crippen LogP contribution in [0.15, 0.2) is 24.3 Å². The highest BCUT2D eigenvalue weighted by Crippen LogP contribution is 2.27. The molecule has 0 aliphatic heterocycles. The summed E-state index contributed by atoms with van der Waals surface area (Å²) in [6.45, 7) is -0.784. The lowest BCUT2D eigenvalue weighted by atomic mass is 10.1. The van der Waals surface area contributed by atoms with E-state index in [1.807, 2.05) is 12.1 Å². The van der Waals surface area contributed by atoms with Crippen LogP contribution in [-0.4, -0.2) is 12.5 Å². The van der Waals surface area contributed by atoms with Crippen molar-refractivity contribution in [3.8, 4) is 5.75 Å². The van der Waals surface area contributed by atoms with Gasteiger partial charge < -0.3 is 10.1 Å². The highest BCUT2D eigenvalue weighted by Gasteiger charge is 2.21. The van der Waals surface area contributed by atoms with Crippen LogP contribution in [-0.2, 0) is 17.6 Å². The van der Waals surface area contributed by atoms with E-state index < -0.39 is 41.5 Å². The number of rotatable bonds is 4. The Morgan fingerprint density at radius 3 is 2.38 bits per heavy atom. The number of hydrogen-bond donors (Lipinski definition) is 1. The monoisotopic (exact) mass is 339 g/mol.